The van der Waals surface area contributed by atoms with Gasteiger partial charge < -0.3 is 0 Å². The zero-order valence-corrected chi connectivity index (χ0v) is 20.6. The maximum atomic E-state index is 15.7. The Bertz CT molecular complexity index is 1730. The highest BCUT2D eigenvalue weighted by Gasteiger charge is 2.16. The number of hydrogen-bond acceptors (Lipinski definition) is 1. The molecule has 0 saturated carbocycles. The topological polar surface area (TPSA) is 12.9 Å². The van der Waals surface area contributed by atoms with Crippen LogP contribution in [-0.4, -0.2) is 4.98 Å². The third kappa shape index (κ3) is 3.47. The van der Waals surface area contributed by atoms with E-state index in [1.807, 2.05) is 36.5 Å². The van der Waals surface area contributed by atoms with Gasteiger partial charge in [-0.15, -0.1) is 0 Å². The molecule has 0 unspecified atom stereocenters. The third-order valence-electron chi connectivity index (χ3n) is 7.30. The summed E-state index contributed by atoms with van der Waals surface area (Å²) in [6, 6.07) is 27.0. The number of nitrogens with zero attached hydrogens (tertiary/aromatic N) is 1. The summed E-state index contributed by atoms with van der Waals surface area (Å²) in [5.74, 6) is 0.677. The lowest BCUT2D eigenvalue weighted by Gasteiger charge is -2.16. The van der Waals surface area contributed by atoms with Crippen LogP contribution < -0.4 is 0 Å². The van der Waals surface area contributed by atoms with Gasteiger partial charge in [0.25, 0.3) is 0 Å². The average Bonchev–Trinajstić information content (AvgIpc) is 2.87. The van der Waals surface area contributed by atoms with Crippen LogP contribution in [0.15, 0.2) is 85.1 Å². The highest BCUT2D eigenvalue weighted by molar-refractivity contribution is 6.23. The van der Waals surface area contributed by atoms with E-state index in [1.165, 1.54) is 11.1 Å². The number of hydrogen-bond donors (Lipinski definition) is 0. The molecule has 0 aliphatic carbocycles. The van der Waals surface area contributed by atoms with E-state index in [4.69, 9.17) is 4.98 Å². The molecular weight excluding hydrogens is 429 g/mol. The van der Waals surface area contributed by atoms with E-state index < -0.39 is 0 Å². The van der Waals surface area contributed by atoms with E-state index in [2.05, 4.69) is 70.2 Å². The molecule has 172 valence electrons. The summed E-state index contributed by atoms with van der Waals surface area (Å²) >= 11 is 0. The maximum absolute atomic E-state index is 15.7. The minimum atomic E-state index is -0.181. The monoisotopic (exact) mass is 457 g/mol. The Morgan fingerprint density at radius 2 is 1.26 bits per heavy atom. The van der Waals surface area contributed by atoms with Gasteiger partial charge >= 0.3 is 0 Å². The molecule has 0 bridgehead atoms. The summed E-state index contributed by atoms with van der Waals surface area (Å²) < 4.78 is 15.7. The van der Waals surface area contributed by atoms with E-state index in [9.17, 15) is 0 Å². The van der Waals surface area contributed by atoms with Gasteiger partial charge in [-0.05, 0) is 79.5 Å². The van der Waals surface area contributed by atoms with Crippen molar-refractivity contribution >= 4 is 43.1 Å². The van der Waals surface area contributed by atoms with Gasteiger partial charge in [-0.2, -0.15) is 0 Å². The van der Waals surface area contributed by atoms with Crippen molar-refractivity contribution in [2.24, 2.45) is 0 Å². The maximum Gasteiger partial charge on any atom is 0.132 e. The second-order valence-electron chi connectivity index (χ2n) is 10.2. The minimum absolute atomic E-state index is 0.181. The first-order chi connectivity index (χ1) is 16.9. The van der Waals surface area contributed by atoms with E-state index in [0.29, 0.717) is 17.2 Å². The number of fused-ring (bicyclic) bond motifs is 7. The zero-order chi connectivity index (χ0) is 24.3. The second kappa shape index (κ2) is 8.16. The summed E-state index contributed by atoms with van der Waals surface area (Å²) in [7, 11) is 0. The van der Waals surface area contributed by atoms with Gasteiger partial charge in [0.15, 0.2) is 0 Å². The van der Waals surface area contributed by atoms with Crippen molar-refractivity contribution < 1.29 is 4.39 Å². The SMILES string of the molecule is CC(C)c1cc(-c2nccc3c2ccc2c3cc(F)c3c4ccccc4ccc23)cc(C(C)C)c1. The van der Waals surface area contributed by atoms with Crippen LogP contribution in [0, 0.1) is 5.82 Å². The Labute approximate surface area is 205 Å². The van der Waals surface area contributed by atoms with Crippen LogP contribution in [0.5, 0.6) is 0 Å². The lowest BCUT2D eigenvalue weighted by molar-refractivity contribution is 0.642. The summed E-state index contributed by atoms with van der Waals surface area (Å²) in [5, 5.41) is 7.71. The fourth-order valence-electron chi connectivity index (χ4n) is 5.33. The van der Waals surface area contributed by atoms with Gasteiger partial charge in [0.2, 0.25) is 0 Å². The lowest BCUT2D eigenvalue weighted by Crippen LogP contribution is -1.96. The van der Waals surface area contributed by atoms with E-state index in [-0.39, 0.29) is 5.82 Å². The second-order valence-corrected chi connectivity index (χ2v) is 10.2. The molecule has 1 aromatic heterocycles. The Kier molecular flexibility index (Phi) is 5.07. The van der Waals surface area contributed by atoms with Crippen molar-refractivity contribution in [3.63, 3.8) is 0 Å². The first-order valence-corrected chi connectivity index (χ1v) is 12.4. The standard InChI is InChI=1S/C33H28FN/c1-19(2)22-15-23(20(3)4)17-24(16-22)33-29-12-11-26-28-10-9-21-7-5-6-8-25(21)32(28)31(34)18-30(26)27(29)13-14-35-33/h5-20H,1-4H3. The molecule has 0 saturated heterocycles. The molecule has 1 heterocycles. The van der Waals surface area contributed by atoms with E-state index in [1.54, 1.807) is 6.07 Å². The first kappa shape index (κ1) is 21.7. The fourth-order valence-corrected chi connectivity index (χ4v) is 5.33. The van der Waals surface area contributed by atoms with E-state index in [0.717, 1.165) is 49.0 Å². The Morgan fingerprint density at radius 3 is 2.00 bits per heavy atom. The van der Waals surface area contributed by atoms with Crippen molar-refractivity contribution in [2.75, 3.05) is 0 Å². The summed E-state index contributed by atoms with van der Waals surface area (Å²) in [4.78, 5) is 4.82. The molecule has 0 radical (unpaired) electrons. The van der Waals surface area contributed by atoms with Crippen LogP contribution in [0.4, 0.5) is 4.39 Å². The van der Waals surface area contributed by atoms with Crippen LogP contribution in [0.1, 0.15) is 50.7 Å². The van der Waals surface area contributed by atoms with Crippen LogP contribution in [0.25, 0.3) is 54.3 Å². The smallest absolute Gasteiger partial charge is 0.132 e. The highest BCUT2D eigenvalue weighted by Crippen LogP contribution is 2.39. The van der Waals surface area contributed by atoms with Crippen LogP contribution >= 0.6 is 0 Å². The minimum Gasteiger partial charge on any atom is -0.256 e. The summed E-state index contributed by atoms with van der Waals surface area (Å²) in [5.41, 5.74) is 4.70. The number of aromatic nitrogens is 1. The third-order valence-corrected chi connectivity index (χ3v) is 7.30. The quantitative estimate of drug-likeness (QED) is 0.241. The molecule has 6 rings (SSSR count). The molecule has 0 aliphatic rings. The molecule has 0 spiro atoms. The van der Waals surface area contributed by atoms with Gasteiger partial charge in [0.05, 0.1) is 5.69 Å². The summed E-state index contributed by atoms with van der Waals surface area (Å²) in [6.07, 6.45) is 1.86. The molecule has 0 fully saturated rings. The predicted molar refractivity (Wildman–Crippen MR) is 148 cm³/mol. The molecule has 0 aliphatic heterocycles. The molecule has 2 heteroatoms. The first-order valence-electron chi connectivity index (χ1n) is 12.4. The average molecular weight is 458 g/mol. The molecule has 6 aromatic rings. The number of benzene rings is 5. The van der Waals surface area contributed by atoms with E-state index >= 15 is 4.39 Å². The lowest BCUT2D eigenvalue weighted by atomic mass is 9.90. The Hall–Kier alpha value is -3.78. The largest absolute Gasteiger partial charge is 0.256 e. The highest BCUT2D eigenvalue weighted by atomic mass is 19.1. The number of rotatable bonds is 3. The fraction of sp³-hybridized carbons (Fsp3) is 0.182. The number of pyridine rings is 1. The van der Waals surface area contributed by atoms with Gasteiger partial charge in [-0.1, -0.05) is 82.3 Å². The zero-order valence-electron chi connectivity index (χ0n) is 20.6. The number of halogens is 1. The van der Waals surface area contributed by atoms with Gasteiger partial charge in [-0.3, -0.25) is 4.98 Å². The molecular formula is C33H28FN. The Balaban J connectivity index is 1.67. The molecule has 0 atom stereocenters. The normalized spacial score (nSPS) is 12.1. The van der Waals surface area contributed by atoms with Gasteiger partial charge in [-0.25, -0.2) is 4.39 Å². The van der Waals surface area contributed by atoms with Crippen LogP contribution in [-0.2, 0) is 0 Å². The van der Waals surface area contributed by atoms with Crippen LogP contribution in [0.3, 0.4) is 0 Å². The van der Waals surface area contributed by atoms with Crippen molar-refractivity contribution in [1.82, 2.24) is 4.98 Å². The molecule has 1 nitrogen and oxygen atoms in total. The Morgan fingerprint density at radius 1 is 0.600 bits per heavy atom. The molecule has 5 aromatic carbocycles. The van der Waals surface area contributed by atoms with Gasteiger partial charge in [0.1, 0.15) is 5.82 Å². The molecule has 35 heavy (non-hydrogen) atoms. The van der Waals surface area contributed by atoms with Gasteiger partial charge in [0, 0.05) is 22.5 Å². The van der Waals surface area contributed by atoms with Crippen molar-refractivity contribution in [2.45, 2.75) is 39.5 Å². The summed E-state index contributed by atoms with van der Waals surface area (Å²) in [6.45, 7) is 8.91. The molecule has 0 amide bonds. The molecule has 0 N–H and O–H groups in total. The van der Waals surface area contributed by atoms with Crippen molar-refractivity contribution in [1.29, 1.82) is 0 Å². The van der Waals surface area contributed by atoms with Crippen molar-refractivity contribution in [3.05, 3.63) is 102 Å². The van der Waals surface area contributed by atoms with Crippen molar-refractivity contribution in [3.8, 4) is 11.3 Å². The predicted octanol–water partition coefficient (Wildman–Crippen LogP) is 9.75. The van der Waals surface area contributed by atoms with Crippen LogP contribution in [0.2, 0.25) is 0 Å².